The van der Waals surface area contributed by atoms with Crippen LogP contribution in [0, 0.1) is 0 Å². The number of ketones is 1. The third-order valence-corrected chi connectivity index (χ3v) is 3.43. The molecule has 0 unspecified atom stereocenters. The molecule has 108 valence electrons. The zero-order valence-electron chi connectivity index (χ0n) is 11.8. The van der Waals surface area contributed by atoms with E-state index >= 15 is 0 Å². The minimum atomic E-state index is 0.0844. The van der Waals surface area contributed by atoms with E-state index < -0.39 is 0 Å². The van der Waals surface area contributed by atoms with E-state index in [4.69, 9.17) is 4.74 Å². The number of ether oxygens (including phenoxy) is 1. The first-order chi connectivity index (χ1) is 10.3. The van der Waals surface area contributed by atoms with Gasteiger partial charge in [-0.05, 0) is 23.8 Å². The zero-order chi connectivity index (χ0) is 14.5. The average molecular weight is 282 g/mol. The van der Waals surface area contributed by atoms with Crippen LogP contribution >= 0.6 is 0 Å². The van der Waals surface area contributed by atoms with Crippen molar-refractivity contribution in [3.63, 3.8) is 0 Å². The Kier molecular flexibility index (Phi) is 4.17. The third-order valence-electron chi connectivity index (χ3n) is 3.43. The van der Waals surface area contributed by atoms with Gasteiger partial charge in [0.2, 0.25) is 0 Å². The summed E-state index contributed by atoms with van der Waals surface area (Å²) < 4.78 is 5.51. The number of carbonyl (C=O) groups excluding carboxylic acids is 1. The topological polar surface area (TPSA) is 50.4 Å². The lowest BCUT2D eigenvalue weighted by Gasteiger charge is -2.19. The van der Waals surface area contributed by atoms with Gasteiger partial charge in [-0.25, -0.2) is 0 Å². The van der Waals surface area contributed by atoms with Crippen LogP contribution < -0.4 is 15.4 Å². The van der Waals surface area contributed by atoms with Crippen molar-refractivity contribution >= 4 is 11.5 Å². The molecule has 0 radical (unpaired) electrons. The molecule has 1 heterocycles. The number of hydrogen-bond donors (Lipinski definition) is 2. The molecule has 0 saturated heterocycles. The van der Waals surface area contributed by atoms with Gasteiger partial charge >= 0.3 is 0 Å². The Labute approximate surface area is 124 Å². The van der Waals surface area contributed by atoms with Crippen molar-refractivity contribution in [1.29, 1.82) is 0 Å². The second-order valence-electron chi connectivity index (χ2n) is 5.00. The molecular weight excluding hydrogens is 264 g/mol. The summed E-state index contributed by atoms with van der Waals surface area (Å²) in [5.41, 5.74) is 2.77. The third kappa shape index (κ3) is 3.41. The predicted octanol–water partition coefficient (Wildman–Crippen LogP) is 2.46. The van der Waals surface area contributed by atoms with E-state index in [0.29, 0.717) is 25.3 Å². The molecule has 0 atom stereocenters. The number of anilines is 1. The van der Waals surface area contributed by atoms with E-state index in [1.54, 1.807) is 0 Å². The monoisotopic (exact) mass is 282 g/mol. The van der Waals surface area contributed by atoms with Crippen molar-refractivity contribution in [3.8, 4) is 5.75 Å². The van der Waals surface area contributed by atoms with Gasteiger partial charge in [-0.3, -0.25) is 4.79 Å². The van der Waals surface area contributed by atoms with E-state index in [2.05, 4.69) is 10.6 Å². The lowest BCUT2D eigenvalue weighted by atomic mass is 10.1. The Morgan fingerprint density at radius 2 is 2.05 bits per heavy atom. The minimum absolute atomic E-state index is 0.0844. The molecule has 0 fully saturated rings. The lowest BCUT2D eigenvalue weighted by Crippen LogP contribution is -2.23. The standard InChI is InChI=1S/C17H18N2O2/c20-16(12-18-11-13-4-2-1-3-5-13)14-6-7-17-15(10-14)19-8-9-21-17/h1-7,10,18-19H,8-9,11-12H2. The summed E-state index contributed by atoms with van der Waals surface area (Å²) in [6.45, 7) is 2.46. The highest BCUT2D eigenvalue weighted by molar-refractivity contribution is 5.98. The summed E-state index contributed by atoms with van der Waals surface area (Å²) in [6, 6.07) is 15.6. The van der Waals surface area contributed by atoms with Gasteiger partial charge in [0, 0.05) is 18.7 Å². The van der Waals surface area contributed by atoms with Crippen LogP contribution in [0.4, 0.5) is 5.69 Å². The number of fused-ring (bicyclic) bond motifs is 1. The molecule has 2 aromatic rings. The maximum atomic E-state index is 12.2. The number of nitrogens with one attached hydrogen (secondary N) is 2. The number of hydrogen-bond acceptors (Lipinski definition) is 4. The number of Topliss-reactive ketones (excluding diaryl/α,β-unsaturated/α-hetero) is 1. The zero-order valence-corrected chi connectivity index (χ0v) is 11.8. The van der Waals surface area contributed by atoms with E-state index in [9.17, 15) is 4.79 Å². The summed E-state index contributed by atoms with van der Waals surface area (Å²) >= 11 is 0. The van der Waals surface area contributed by atoms with Crippen LogP contribution in [0.2, 0.25) is 0 Å². The first-order valence-corrected chi connectivity index (χ1v) is 7.11. The molecule has 2 N–H and O–H groups in total. The smallest absolute Gasteiger partial charge is 0.176 e. The SMILES string of the molecule is O=C(CNCc1ccccc1)c1ccc2c(c1)NCCO2. The van der Waals surface area contributed by atoms with Crippen LogP contribution in [0.15, 0.2) is 48.5 Å². The van der Waals surface area contributed by atoms with Crippen molar-refractivity contribution in [3.05, 3.63) is 59.7 Å². The van der Waals surface area contributed by atoms with Gasteiger partial charge in [-0.1, -0.05) is 30.3 Å². The molecule has 4 nitrogen and oxygen atoms in total. The van der Waals surface area contributed by atoms with Gasteiger partial charge < -0.3 is 15.4 Å². The molecule has 2 aromatic carbocycles. The molecule has 1 aliphatic heterocycles. The highest BCUT2D eigenvalue weighted by Crippen LogP contribution is 2.28. The Morgan fingerprint density at radius 1 is 1.19 bits per heavy atom. The van der Waals surface area contributed by atoms with Crippen LogP contribution in [0.1, 0.15) is 15.9 Å². The lowest BCUT2D eigenvalue weighted by molar-refractivity contribution is 0.0991. The Bertz CT molecular complexity index is 626. The second kappa shape index (κ2) is 6.41. The van der Waals surface area contributed by atoms with Gasteiger partial charge in [0.15, 0.2) is 5.78 Å². The molecule has 0 aromatic heterocycles. The summed E-state index contributed by atoms with van der Waals surface area (Å²) in [5, 5.41) is 6.42. The predicted molar refractivity (Wildman–Crippen MR) is 82.9 cm³/mol. The Balaban J connectivity index is 1.58. The maximum absolute atomic E-state index is 12.2. The Morgan fingerprint density at radius 3 is 2.90 bits per heavy atom. The fourth-order valence-electron chi connectivity index (χ4n) is 2.33. The molecule has 0 spiro atoms. The summed E-state index contributed by atoms with van der Waals surface area (Å²) in [5.74, 6) is 0.899. The first kappa shape index (κ1) is 13.6. The van der Waals surface area contributed by atoms with Gasteiger partial charge in [0.05, 0.1) is 12.2 Å². The van der Waals surface area contributed by atoms with Crippen LogP contribution in [0.25, 0.3) is 0 Å². The fourth-order valence-corrected chi connectivity index (χ4v) is 2.33. The molecule has 0 bridgehead atoms. The normalized spacial score (nSPS) is 13.0. The van der Waals surface area contributed by atoms with Crippen molar-refractivity contribution in [2.45, 2.75) is 6.54 Å². The van der Waals surface area contributed by atoms with E-state index in [1.807, 2.05) is 48.5 Å². The molecule has 0 aliphatic carbocycles. The Hall–Kier alpha value is -2.33. The maximum Gasteiger partial charge on any atom is 0.176 e. The van der Waals surface area contributed by atoms with E-state index in [0.717, 1.165) is 18.0 Å². The van der Waals surface area contributed by atoms with Crippen LogP contribution in [-0.4, -0.2) is 25.5 Å². The molecule has 3 rings (SSSR count). The highest BCUT2D eigenvalue weighted by Gasteiger charge is 2.13. The van der Waals surface area contributed by atoms with E-state index in [-0.39, 0.29) is 5.78 Å². The van der Waals surface area contributed by atoms with Crippen molar-refractivity contribution < 1.29 is 9.53 Å². The molecule has 0 amide bonds. The van der Waals surface area contributed by atoms with Gasteiger partial charge in [-0.2, -0.15) is 0 Å². The molecule has 4 heteroatoms. The quantitative estimate of drug-likeness (QED) is 0.827. The first-order valence-electron chi connectivity index (χ1n) is 7.11. The van der Waals surface area contributed by atoms with Crippen molar-refractivity contribution in [2.24, 2.45) is 0 Å². The van der Waals surface area contributed by atoms with Gasteiger partial charge in [0.25, 0.3) is 0 Å². The van der Waals surface area contributed by atoms with E-state index in [1.165, 1.54) is 5.56 Å². The summed E-state index contributed by atoms with van der Waals surface area (Å²) in [6.07, 6.45) is 0. The van der Waals surface area contributed by atoms with Crippen LogP contribution in [-0.2, 0) is 6.54 Å². The number of carbonyl (C=O) groups is 1. The second-order valence-corrected chi connectivity index (χ2v) is 5.00. The van der Waals surface area contributed by atoms with Crippen molar-refractivity contribution in [1.82, 2.24) is 5.32 Å². The summed E-state index contributed by atoms with van der Waals surface area (Å²) in [4.78, 5) is 12.2. The van der Waals surface area contributed by atoms with Crippen LogP contribution in [0.5, 0.6) is 5.75 Å². The van der Waals surface area contributed by atoms with Crippen molar-refractivity contribution in [2.75, 3.05) is 25.0 Å². The average Bonchev–Trinajstić information content (AvgIpc) is 2.55. The molecule has 0 saturated carbocycles. The van der Waals surface area contributed by atoms with Gasteiger partial charge in [-0.15, -0.1) is 0 Å². The highest BCUT2D eigenvalue weighted by atomic mass is 16.5. The molecular formula is C17H18N2O2. The largest absolute Gasteiger partial charge is 0.490 e. The number of benzene rings is 2. The molecule has 1 aliphatic rings. The fraction of sp³-hybridized carbons (Fsp3) is 0.235. The molecule has 21 heavy (non-hydrogen) atoms. The van der Waals surface area contributed by atoms with Gasteiger partial charge in [0.1, 0.15) is 12.4 Å². The minimum Gasteiger partial charge on any atom is -0.490 e. The van der Waals surface area contributed by atoms with Crippen LogP contribution in [0.3, 0.4) is 0 Å². The number of rotatable bonds is 5. The summed E-state index contributed by atoms with van der Waals surface area (Å²) in [7, 11) is 0.